The molecule has 0 unspecified atom stereocenters. The van der Waals surface area contributed by atoms with Crippen LogP contribution in [0.25, 0.3) is 0 Å². The molecule has 1 saturated carbocycles. The molecule has 0 spiro atoms. The van der Waals surface area contributed by atoms with Gasteiger partial charge in [-0.1, -0.05) is 6.42 Å². The second kappa shape index (κ2) is 5.14. The van der Waals surface area contributed by atoms with Crippen LogP contribution < -0.4 is 0 Å². The lowest BCUT2D eigenvalue weighted by atomic mass is 9.84. The number of carbonyl (C=O) groups is 2. The van der Waals surface area contributed by atoms with Gasteiger partial charge in [0, 0.05) is 18.5 Å². The number of hydrogen-bond acceptors (Lipinski definition) is 2. The summed E-state index contributed by atoms with van der Waals surface area (Å²) >= 11 is 0. The summed E-state index contributed by atoms with van der Waals surface area (Å²) < 4.78 is 0. The molecule has 1 aliphatic carbocycles. The summed E-state index contributed by atoms with van der Waals surface area (Å²) in [4.78, 5) is 24.1. The van der Waals surface area contributed by atoms with Gasteiger partial charge in [-0.2, -0.15) is 0 Å². The Morgan fingerprint density at radius 3 is 2.33 bits per heavy atom. The van der Waals surface area contributed by atoms with Gasteiger partial charge in [-0.25, -0.2) is 0 Å². The number of carboxylic acids is 1. The van der Waals surface area contributed by atoms with E-state index in [1.807, 2.05) is 13.8 Å². The summed E-state index contributed by atoms with van der Waals surface area (Å²) in [5.74, 6) is -0.555. The standard InChI is InChI=1S/C11H19NO3/c1-8(2)12(7-6-10(13)14)11(15)9-4-3-5-9/h8-9H,3-7H2,1-2H3,(H,13,14). The van der Waals surface area contributed by atoms with Crippen LogP contribution in [0.5, 0.6) is 0 Å². The molecule has 4 nitrogen and oxygen atoms in total. The molecule has 0 atom stereocenters. The highest BCUT2D eigenvalue weighted by atomic mass is 16.4. The van der Waals surface area contributed by atoms with E-state index in [4.69, 9.17) is 5.11 Å². The average Bonchev–Trinajstić information content (AvgIpc) is 1.99. The van der Waals surface area contributed by atoms with E-state index in [2.05, 4.69) is 0 Å². The molecule has 0 bridgehead atoms. The number of carboxylic acid groups (broad SMARTS) is 1. The normalized spacial score (nSPS) is 16.2. The maximum absolute atomic E-state index is 11.9. The second-order valence-corrected chi connectivity index (χ2v) is 4.40. The zero-order valence-corrected chi connectivity index (χ0v) is 9.40. The quantitative estimate of drug-likeness (QED) is 0.753. The SMILES string of the molecule is CC(C)N(CCC(=O)O)C(=O)C1CCC1. The third-order valence-electron chi connectivity index (χ3n) is 2.93. The Morgan fingerprint density at radius 2 is 2.00 bits per heavy atom. The summed E-state index contributed by atoms with van der Waals surface area (Å²) in [5, 5.41) is 8.60. The lowest BCUT2D eigenvalue weighted by Crippen LogP contribution is -2.43. The number of aliphatic carboxylic acids is 1. The first kappa shape index (κ1) is 12.0. The third kappa shape index (κ3) is 3.22. The Hall–Kier alpha value is -1.06. The third-order valence-corrected chi connectivity index (χ3v) is 2.93. The van der Waals surface area contributed by atoms with E-state index in [9.17, 15) is 9.59 Å². The first-order valence-corrected chi connectivity index (χ1v) is 5.54. The van der Waals surface area contributed by atoms with Gasteiger partial charge in [0.1, 0.15) is 0 Å². The van der Waals surface area contributed by atoms with Crippen LogP contribution in [-0.4, -0.2) is 34.5 Å². The summed E-state index contributed by atoms with van der Waals surface area (Å²) in [6.45, 7) is 4.19. The van der Waals surface area contributed by atoms with Gasteiger partial charge in [0.05, 0.1) is 6.42 Å². The van der Waals surface area contributed by atoms with Crippen molar-refractivity contribution in [3.63, 3.8) is 0 Å². The number of rotatable bonds is 5. The molecular formula is C11H19NO3. The summed E-state index contributed by atoms with van der Waals surface area (Å²) in [7, 11) is 0. The minimum absolute atomic E-state index is 0.0383. The van der Waals surface area contributed by atoms with Crippen molar-refractivity contribution in [3.05, 3.63) is 0 Å². The lowest BCUT2D eigenvalue weighted by Gasteiger charge is -2.33. The molecule has 0 aromatic rings. The van der Waals surface area contributed by atoms with E-state index in [1.165, 1.54) is 0 Å². The molecule has 1 rings (SSSR count). The number of hydrogen-bond donors (Lipinski definition) is 1. The van der Waals surface area contributed by atoms with Gasteiger partial charge in [0.2, 0.25) is 5.91 Å². The van der Waals surface area contributed by atoms with Gasteiger partial charge >= 0.3 is 5.97 Å². The Bertz CT molecular complexity index is 246. The van der Waals surface area contributed by atoms with Crippen LogP contribution in [0.3, 0.4) is 0 Å². The van der Waals surface area contributed by atoms with Crippen molar-refractivity contribution in [2.24, 2.45) is 5.92 Å². The maximum atomic E-state index is 11.9. The average molecular weight is 213 g/mol. The maximum Gasteiger partial charge on any atom is 0.305 e. The summed E-state index contributed by atoms with van der Waals surface area (Å²) in [5.41, 5.74) is 0. The van der Waals surface area contributed by atoms with Gasteiger partial charge in [-0.15, -0.1) is 0 Å². The minimum atomic E-state index is -0.845. The fraction of sp³-hybridized carbons (Fsp3) is 0.818. The molecular weight excluding hydrogens is 194 g/mol. The highest BCUT2D eigenvalue weighted by Crippen LogP contribution is 2.28. The molecule has 0 saturated heterocycles. The van der Waals surface area contributed by atoms with Crippen molar-refractivity contribution in [2.75, 3.05) is 6.54 Å². The molecule has 1 N–H and O–H groups in total. The zero-order valence-electron chi connectivity index (χ0n) is 9.40. The smallest absolute Gasteiger partial charge is 0.305 e. The van der Waals surface area contributed by atoms with Crippen LogP contribution in [0.4, 0.5) is 0 Å². The Labute approximate surface area is 90.3 Å². The molecule has 1 amide bonds. The van der Waals surface area contributed by atoms with Crippen molar-refractivity contribution in [3.8, 4) is 0 Å². The van der Waals surface area contributed by atoms with Gasteiger partial charge in [-0.05, 0) is 26.7 Å². The minimum Gasteiger partial charge on any atom is -0.481 e. The predicted octanol–water partition coefficient (Wildman–Crippen LogP) is 1.50. The fourth-order valence-corrected chi connectivity index (χ4v) is 1.73. The number of amides is 1. The second-order valence-electron chi connectivity index (χ2n) is 4.40. The molecule has 0 aliphatic heterocycles. The van der Waals surface area contributed by atoms with Crippen LogP contribution >= 0.6 is 0 Å². The molecule has 0 heterocycles. The molecule has 86 valence electrons. The molecule has 1 aliphatic rings. The van der Waals surface area contributed by atoms with Gasteiger partial charge in [0.25, 0.3) is 0 Å². The van der Waals surface area contributed by atoms with Crippen molar-refractivity contribution in [1.82, 2.24) is 4.90 Å². The fourth-order valence-electron chi connectivity index (χ4n) is 1.73. The van der Waals surface area contributed by atoms with E-state index in [0.29, 0.717) is 6.54 Å². The van der Waals surface area contributed by atoms with Gasteiger partial charge < -0.3 is 10.0 Å². The van der Waals surface area contributed by atoms with Crippen molar-refractivity contribution >= 4 is 11.9 Å². The van der Waals surface area contributed by atoms with E-state index < -0.39 is 5.97 Å². The summed E-state index contributed by atoms with van der Waals surface area (Å²) in [6, 6.07) is 0.0949. The molecule has 4 heteroatoms. The Kier molecular flexibility index (Phi) is 4.12. The van der Waals surface area contributed by atoms with E-state index in [-0.39, 0.29) is 24.3 Å². The van der Waals surface area contributed by atoms with Crippen molar-refractivity contribution < 1.29 is 14.7 Å². The Morgan fingerprint density at radius 1 is 1.40 bits per heavy atom. The highest BCUT2D eigenvalue weighted by molar-refractivity contribution is 5.80. The van der Waals surface area contributed by atoms with Gasteiger partial charge in [-0.3, -0.25) is 9.59 Å². The van der Waals surface area contributed by atoms with Crippen LogP contribution in [-0.2, 0) is 9.59 Å². The Balaban J connectivity index is 2.48. The monoisotopic (exact) mass is 213 g/mol. The zero-order chi connectivity index (χ0) is 11.4. The topological polar surface area (TPSA) is 57.6 Å². The van der Waals surface area contributed by atoms with E-state index >= 15 is 0 Å². The molecule has 0 aromatic carbocycles. The van der Waals surface area contributed by atoms with E-state index in [1.54, 1.807) is 4.90 Å². The highest BCUT2D eigenvalue weighted by Gasteiger charge is 2.30. The molecule has 0 radical (unpaired) electrons. The number of nitrogens with zero attached hydrogens (tertiary/aromatic N) is 1. The first-order chi connectivity index (χ1) is 7.02. The summed E-state index contributed by atoms with van der Waals surface area (Å²) in [6.07, 6.45) is 3.10. The van der Waals surface area contributed by atoms with E-state index in [0.717, 1.165) is 19.3 Å². The van der Waals surface area contributed by atoms with Crippen molar-refractivity contribution in [2.45, 2.75) is 45.6 Å². The first-order valence-electron chi connectivity index (χ1n) is 5.54. The largest absolute Gasteiger partial charge is 0.481 e. The van der Waals surface area contributed by atoms with Crippen LogP contribution in [0.1, 0.15) is 39.5 Å². The van der Waals surface area contributed by atoms with Crippen molar-refractivity contribution in [1.29, 1.82) is 0 Å². The van der Waals surface area contributed by atoms with Gasteiger partial charge in [0.15, 0.2) is 0 Å². The van der Waals surface area contributed by atoms with Crippen LogP contribution in [0, 0.1) is 5.92 Å². The number of carbonyl (C=O) groups excluding carboxylic acids is 1. The van der Waals surface area contributed by atoms with Crippen LogP contribution in [0.15, 0.2) is 0 Å². The molecule has 0 aromatic heterocycles. The predicted molar refractivity (Wildman–Crippen MR) is 56.4 cm³/mol. The van der Waals surface area contributed by atoms with Crippen LogP contribution in [0.2, 0.25) is 0 Å². The molecule has 1 fully saturated rings. The lowest BCUT2D eigenvalue weighted by molar-refractivity contribution is -0.142. The molecule has 15 heavy (non-hydrogen) atoms.